The fourth-order valence-electron chi connectivity index (χ4n) is 3.13. The van der Waals surface area contributed by atoms with Gasteiger partial charge in [0.05, 0.1) is 5.69 Å². The Morgan fingerprint density at radius 3 is 2.84 bits per heavy atom. The van der Waals surface area contributed by atoms with E-state index in [-0.39, 0.29) is 5.75 Å². The molecule has 3 rings (SSSR count). The number of alkyl halides is 2. The monoisotopic (exact) mass is 268 g/mol. The Hall–Kier alpha value is -1.36. The molecular weight excluding hydrogens is 250 g/mol. The van der Waals surface area contributed by atoms with Crippen LogP contribution >= 0.6 is 0 Å². The molecule has 0 aromatic heterocycles. The molecule has 0 saturated carbocycles. The van der Waals surface area contributed by atoms with Crippen LogP contribution in [0.5, 0.6) is 5.75 Å². The number of piperidine rings is 1. The number of nitrogens with zero attached hydrogens (tertiary/aromatic N) is 1. The molecular formula is C14H18F2N2O. The van der Waals surface area contributed by atoms with Crippen molar-refractivity contribution in [2.75, 3.05) is 25.0 Å². The van der Waals surface area contributed by atoms with Crippen LogP contribution in [0.15, 0.2) is 24.3 Å². The van der Waals surface area contributed by atoms with E-state index in [0.717, 1.165) is 26.1 Å². The number of anilines is 1. The lowest BCUT2D eigenvalue weighted by Crippen LogP contribution is -2.39. The molecule has 2 aliphatic rings. The van der Waals surface area contributed by atoms with Crippen molar-refractivity contribution in [2.45, 2.75) is 25.5 Å². The van der Waals surface area contributed by atoms with Crippen LogP contribution in [0.25, 0.3) is 0 Å². The maximum absolute atomic E-state index is 12.4. The van der Waals surface area contributed by atoms with Crippen LogP contribution in [0.2, 0.25) is 0 Å². The van der Waals surface area contributed by atoms with Crippen LogP contribution in [-0.2, 0) is 0 Å². The van der Waals surface area contributed by atoms with Gasteiger partial charge in [0.1, 0.15) is 5.75 Å². The van der Waals surface area contributed by atoms with E-state index >= 15 is 0 Å². The third-order valence-corrected chi connectivity index (χ3v) is 4.08. The average molecular weight is 268 g/mol. The molecule has 2 heterocycles. The topological polar surface area (TPSA) is 24.5 Å². The second kappa shape index (κ2) is 5.33. The largest absolute Gasteiger partial charge is 0.433 e. The Balaban J connectivity index is 1.72. The smallest absolute Gasteiger partial charge is 0.387 e. The molecule has 0 spiro atoms. The van der Waals surface area contributed by atoms with E-state index in [2.05, 4.69) is 15.0 Å². The Bertz CT molecular complexity index is 441. The summed E-state index contributed by atoms with van der Waals surface area (Å²) in [5, 5.41) is 3.40. The number of hydrogen-bond donors (Lipinski definition) is 1. The fraction of sp³-hybridized carbons (Fsp3) is 0.571. The van der Waals surface area contributed by atoms with Crippen LogP contribution in [0.3, 0.4) is 0 Å². The fourth-order valence-corrected chi connectivity index (χ4v) is 3.13. The van der Waals surface area contributed by atoms with Crippen molar-refractivity contribution in [3.8, 4) is 5.75 Å². The number of rotatable bonds is 4. The van der Waals surface area contributed by atoms with E-state index in [1.54, 1.807) is 18.2 Å². The van der Waals surface area contributed by atoms with Crippen molar-refractivity contribution in [1.29, 1.82) is 0 Å². The van der Waals surface area contributed by atoms with Crippen molar-refractivity contribution in [3.05, 3.63) is 24.3 Å². The van der Waals surface area contributed by atoms with Crippen LogP contribution in [0, 0.1) is 5.92 Å². The van der Waals surface area contributed by atoms with E-state index in [9.17, 15) is 8.78 Å². The van der Waals surface area contributed by atoms with Gasteiger partial charge in [-0.1, -0.05) is 12.1 Å². The molecule has 2 saturated heterocycles. The summed E-state index contributed by atoms with van der Waals surface area (Å²) in [4.78, 5) is 2.46. The molecule has 3 atom stereocenters. The van der Waals surface area contributed by atoms with E-state index in [4.69, 9.17) is 0 Å². The van der Waals surface area contributed by atoms with E-state index in [1.165, 1.54) is 6.42 Å². The van der Waals surface area contributed by atoms with Crippen LogP contribution < -0.4 is 10.1 Å². The van der Waals surface area contributed by atoms with Crippen molar-refractivity contribution in [1.82, 2.24) is 4.90 Å². The highest BCUT2D eigenvalue weighted by Gasteiger charge is 2.34. The van der Waals surface area contributed by atoms with Crippen LogP contribution in [0.4, 0.5) is 14.5 Å². The lowest BCUT2D eigenvalue weighted by molar-refractivity contribution is -0.0494. The van der Waals surface area contributed by atoms with Gasteiger partial charge in [0.15, 0.2) is 0 Å². The predicted octanol–water partition coefficient (Wildman–Crippen LogP) is 2.79. The first-order valence-corrected chi connectivity index (χ1v) is 6.75. The number of halogens is 2. The summed E-state index contributed by atoms with van der Waals surface area (Å²) in [5.41, 5.74) is 0.674. The Morgan fingerprint density at radius 2 is 2.00 bits per heavy atom. The Morgan fingerprint density at radius 1 is 1.21 bits per heavy atom. The van der Waals surface area contributed by atoms with Gasteiger partial charge in [-0.15, -0.1) is 0 Å². The zero-order chi connectivity index (χ0) is 13.2. The first-order chi connectivity index (χ1) is 9.22. The van der Waals surface area contributed by atoms with Gasteiger partial charge in [-0.25, -0.2) is 0 Å². The number of para-hydroxylation sites is 2. The molecule has 1 aromatic rings. The quantitative estimate of drug-likeness (QED) is 0.908. The first-order valence-electron chi connectivity index (χ1n) is 6.75. The molecule has 0 radical (unpaired) electrons. The molecule has 104 valence electrons. The minimum Gasteiger partial charge on any atom is -0.433 e. The van der Waals surface area contributed by atoms with E-state index in [0.29, 0.717) is 17.6 Å². The molecule has 3 unspecified atom stereocenters. The van der Waals surface area contributed by atoms with Gasteiger partial charge in [0.25, 0.3) is 0 Å². The minimum absolute atomic E-state index is 0.234. The van der Waals surface area contributed by atoms with Gasteiger partial charge >= 0.3 is 6.61 Å². The SMILES string of the molecule is FC(F)Oc1ccccc1NC1CCN2CCC1C2. The lowest BCUT2D eigenvalue weighted by Gasteiger charge is -2.32. The van der Waals surface area contributed by atoms with Gasteiger partial charge in [-0.3, -0.25) is 0 Å². The molecule has 2 fully saturated rings. The van der Waals surface area contributed by atoms with E-state index < -0.39 is 6.61 Å². The van der Waals surface area contributed by atoms with Crippen LogP contribution in [-0.4, -0.2) is 37.2 Å². The van der Waals surface area contributed by atoms with Crippen molar-refractivity contribution >= 4 is 5.69 Å². The molecule has 0 aliphatic carbocycles. The highest BCUT2D eigenvalue weighted by Crippen LogP contribution is 2.32. The molecule has 1 aromatic carbocycles. The zero-order valence-corrected chi connectivity index (χ0v) is 10.7. The molecule has 2 aliphatic heterocycles. The van der Waals surface area contributed by atoms with Gasteiger partial charge in [-0.2, -0.15) is 8.78 Å². The molecule has 3 nitrogen and oxygen atoms in total. The normalized spacial score (nSPS) is 29.5. The van der Waals surface area contributed by atoms with Gasteiger partial charge < -0.3 is 15.0 Å². The highest BCUT2D eigenvalue weighted by atomic mass is 19.3. The average Bonchev–Trinajstić information content (AvgIpc) is 2.77. The summed E-state index contributed by atoms with van der Waals surface area (Å²) in [6, 6.07) is 7.30. The van der Waals surface area contributed by atoms with Gasteiger partial charge in [0.2, 0.25) is 0 Å². The predicted molar refractivity (Wildman–Crippen MR) is 69.6 cm³/mol. The number of benzene rings is 1. The minimum atomic E-state index is -2.78. The first kappa shape index (κ1) is 12.7. The molecule has 0 amide bonds. The number of fused-ring (bicyclic) bond motifs is 2. The summed E-state index contributed by atoms with van der Waals surface area (Å²) < 4.78 is 29.3. The summed E-state index contributed by atoms with van der Waals surface area (Å²) in [5.74, 6) is 0.853. The molecule has 1 N–H and O–H groups in total. The number of ether oxygens (including phenoxy) is 1. The highest BCUT2D eigenvalue weighted by molar-refractivity contribution is 5.57. The van der Waals surface area contributed by atoms with Crippen LogP contribution in [0.1, 0.15) is 12.8 Å². The Kier molecular flexibility index (Phi) is 3.55. The van der Waals surface area contributed by atoms with Gasteiger partial charge in [-0.05, 0) is 37.4 Å². The summed E-state index contributed by atoms with van der Waals surface area (Å²) >= 11 is 0. The maximum atomic E-state index is 12.4. The maximum Gasteiger partial charge on any atom is 0.387 e. The summed E-state index contributed by atoms with van der Waals surface area (Å²) in [6.45, 7) is 0.593. The number of hydrogen-bond acceptors (Lipinski definition) is 3. The molecule has 5 heteroatoms. The lowest BCUT2D eigenvalue weighted by atomic mass is 9.94. The van der Waals surface area contributed by atoms with E-state index in [1.807, 2.05) is 6.07 Å². The molecule has 2 bridgehead atoms. The van der Waals surface area contributed by atoms with Crippen molar-refractivity contribution in [3.63, 3.8) is 0 Å². The Labute approximate surface area is 111 Å². The molecule has 19 heavy (non-hydrogen) atoms. The zero-order valence-electron chi connectivity index (χ0n) is 10.7. The summed E-state index contributed by atoms with van der Waals surface area (Å²) in [7, 11) is 0. The third kappa shape index (κ3) is 2.81. The second-order valence-electron chi connectivity index (χ2n) is 5.26. The standard InChI is InChI=1S/C14H18F2N2O/c15-14(16)19-13-4-2-1-3-12(13)17-11-6-8-18-7-5-10(11)9-18/h1-4,10-11,14,17H,5-9H2. The number of nitrogens with one attached hydrogen (secondary N) is 1. The summed E-state index contributed by atoms with van der Waals surface area (Å²) in [6.07, 6.45) is 2.25. The third-order valence-electron chi connectivity index (χ3n) is 4.08. The van der Waals surface area contributed by atoms with Gasteiger partial charge in [0, 0.05) is 19.1 Å². The van der Waals surface area contributed by atoms with Crippen molar-refractivity contribution < 1.29 is 13.5 Å². The van der Waals surface area contributed by atoms with Crippen molar-refractivity contribution in [2.24, 2.45) is 5.92 Å². The second-order valence-corrected chi connectivity index (χ2v) is 5.26.